The molecule has 0 spiro atoms. The van der Waals surface area contributed by atoms with Crippen LogP contribution < -0.4 is 29.6 Å². The Morgan fingerprint density at radius 3 is 1.58 bits per heavy atom. The number of hydrogen-bond acceptors (Lipinski definition) is 1. The quantitative estimate of drug-likeness (QED) is 0.377. The minimum absolute atomic E-state index is 0. The summed E-state index contributed by atoms with van der Waals surface area (Å²) >= 11 is 0. The van der Waals surface area contributed by atoms with Gasteiger partial charge in [-0.05, 0) is 5.56 Å². The first kappa shape index (κ1) is 25.7. The second-order valence-electron chi connectivity index (χ2n) is 5.98. The smallest absolute Gasteiger partial charge is 1.00 e. The molecule has 0 aliphatic carbocycles. The van der Waals surface area contributed by atoms with E-state index in [-0.39, 0.29) is 36.6 Å². The molecule has 1 N–H and O–H groups in total. The van der Waals surface area contributed by atoms with Crippen molar-refractivity contribution in [2.45, 2.75) is 78.1 Å². The standard InChI is InChI=1S/C12H26.C9H8O2.Na.H/c1-3-5-7-9-11-12-10-8-6-4-2;1-7(9(10)11)8-5-3-2-4-6-8;;/h3-12H2,1-2H3;2-6H,1H2,(H,10,11);;/q;;+1;-1. The molecular weight excluding hydrogens is 307 g/mol. The van der Waals surface area contributed by atoms with Crippen LogP contribution in [-0.2, 0) is 4.79 Å². The molecule has 3 heteroatoms. The summed E-state index contributed by atoms with van der Waals surface area (Å²) in [4.78, 5) is 10.4. The van der Waals surface area contributed by atoms with E-state index in [2.05, 4.69) is 20.4 Å². The second kappa shape index (κ2) is 18.8. The molecule has 0 aliphatic rings. The van der Waals surface area contributed by atoms with Crippen molar-refractivity contribution in [1.82, 2.24) is 0 Å². The summed E-state index contributed by atoms with van der Waals surface area (Å²) < 4.78 is 0. The Balaban J connectivity index is -0.000000359. The van der Waals surface area contributed by atoms with Crippen LogP contribution in [0.3, 0.4) is 0 Å². The molecule has 0 unspecified atom stereocenters. The van der Waals surface area contributed by atoms with Gasteiger partial charge in [-0.1, -0.05) is 115 Å². The van der Waals surface area contributed by atoms with Crippen LogP contribution in [0.15, 0.2) is 36.9 Å². The summed E-state index contributed by atoms with van der Waals surface area (Å²) in [5.74, 6) is -0.976. The SMILES string of the molecule is C=C(C(=O)O)c1ccccc1.CCCCCCCCCCCC.[H-].[Na+]. The molecule has 132 valence electrons. The first-order valence-corrected chi connectivity index (χ1v) is 9.11. The van der Waals surface area contributed by atoms with Crippen LogP contribution in [-0.4, -0.2) is 11.1 Å². The molecule has 0 fully saturated rings. The minimum atomic E-state index is -0.976. The zero-order valence-electron chi connectivity index (χ0n) is 17.0. The van der Waals surface area contributed by atoms with Gasteiger partial charge < -0.3 is 6.53 Å². The number of benzene rings is 1. The fourth-order valence-corrected chi connectivity index (χ4v) is 2.32. The van der Waals surface area contributed by atoms with Crippen molar-refractivity contribution in [2.75, 3.05) is 0 Å². The zero-order chi connectivity index (χ0) is 17.3. The van der Waals surface area contributed by atoms with Crippen LogP contribution in [0.2, 0.25) is 0 Å². The largest absolute Gasteiger partial charge is 1.00 e. The van der Waals surface area contributed by atoms with E-state index in [1.54, 1.807) is 24.3 Å². The third-order valence-corrected chi connectivity index (χ3v) is 3.84. The van der Waals surface area contributed by atoms with Crippen molar-refractivity contribution in [3.63, 3.8) is 0 Å². The summed E-state index contributed by atoms with van der Waals surface area (Å²) in [7, 11) is 0. The first-order valence-electron chi connectivity index (χ1n) is 9.11. The molecule has 2 nitrogen and oxygen atoms in total. The van der Waals surface area contributed by atoms with E-state index < -0.39 is 5.97 Å². The Hall–Kier alpha value is -0.570. The Morgan fingerprint density at radius 2 is 1.25 bits per heavy atom. The van der Waals surface area contributed by atoms with E-state index in [1.807, 2.05) is 6.07 Å². The molecule has 0 aliphatic heterocycles. The van der Waals surface area contributed by atoms with Crippen molar-refractivity contribution in [3.8, 4) is 0 Å². The maximum Gasteiger partial charge on any atom is 1.00 e. The van der Waals surface area contributed by atoms with Crippen molar-refractivity contribution in [2.24, 2.45) is 0 Å². The predicted molar refractivity (Wildman–Crippen MR) is 102 cm³/mol. The van der Waals surface area contributed by atoms with Gasteiger partial charge >= 0.3 is 35.5 Å². The molecule has 24 heavy (non-hydrogen) atoms. The van der Waals surface area contributed by atoms with Gasteiger partial charge in [0.15, 0.2) is 0 Å². The van der Waals surface area contributed by atoms with E-state index in [9.17, 15) is 4.79 Å². The van der Waals surface area contributed by atoms with E-state index in [0.29, 0.717) is 5.56 Å². The third-order valence-electron chi connectivity index (χ3n) is 3.84. The number of rotatable bonds is 11. The molecule has 1 aromatic carbocycles. The van der Waals surface area contributed by atoms with Gasteiger partial charge in [0.1, 0.15) is 0 Å². The van der Waals surface area contributed by atoms with Gasteiger partial charge in [0.25, 0.3) is 0 Å². The maximum absolute atomic E-state index is 10.4. The number of carboxylic acid groups (broad SMARTS) is 1. The molecule has 0 saturated heterocycles. The fourth-order valence-electron chi connectivity index (χ4n) is 2.32. The van der Waals surface area contributed by atoms with Crippen LogP contribution in [0.4, 0.5) is 0 Å². The molecule has 0 radical (unpaired) electrons. The summed E-state index contributed by atoms with van der Waals surface area (Å²) in [6.45, 7) is 7.98. The Labute approximate surface area is 172 Å². The fraction of sp³-hybridized carbons (Fsp3) is 0.571. The summed E-state index contributed by atoms with van der Waals surface area (Å²) in [6.07, 6.45) is 14.4. The molecule has 0 amide bonds. The molecule has 0 atom stereocenters. The van der Waals surface area contributed by atoms with Crippen LogP contribution in [0.1, 0.15) is 85.0 Å². The summed E-state index contributed by atoms with van der Waals surface area (Å²) in [5.41, 5.74) is 0.783. The average Bonchev–Trinajstić information content (AvgIpc) is 2.58. The molecule has 0 bridgehead atoms. The van der Waals surface area contributed by atoms with E-state index in [0.717, 1.165) is 0 Å². The normalized spacial score (nSPS) is 9.42. The van der Waals surface area contributed by atoms with Crippen LogP contribution >= 0.6 is 0 Å². The van der Waals surface area contributed by atoms with Gasteiger partial charge in [0, 0.05) is 0 Å². The van der Waals surface area contributed by atoms with Gasteiger partial charge in [-0.3, -0.25) is 0 Å². The van der Waals surface area contributed by atoms with E-state index in [4.69, 9.17) is 5.11 Å². The summed E-state index contributed by atoms with van der Waals surface area (Å²) in [6, 6.07) is 8.83. The topological polar surface area (TPSA) is 37.3 Å². The van der Waals surface area contributed by atoms with Crippen molar-refractivity contribution >= 4 is 11.5 Å². The monoisotopic (exact) mass is 342 g/mol. The Morgan fingerprint density at radius 1 is 0.875 bits per heavy atom. The van der Waals surface area contributed by atoms with E-state index >= 15 is 0 Å². The van der Waals surface area contributed by atoms with Crippen LogP contribution in [0, 0.1) is 0 Å². The molecule has 1 aromatic rings. The number of carbonyl (C=O) groups is 1. The van der Waals surface area contributed by atoms with Crippen molar-refractivity contribution in [1.29, 1.82) is 0 Å². The number of hydrogen-bond donors (Lipinski definition) is 1. The predicted octanol–water partition coefficient (Wildman–Crippen LogP) is 3.83. The van der Waals surface area contributed by atoms with Gasteiger partial charge in [-0.15, -0.1) is 0 Å². The van der Waals surface area contributed by atoms with Gasteiger partial charge in [0.2, 0.25) is 0 Å². The average molecular weight is 342 g/mol. The number of unbranched alkanes of at least 4 members (excludes halogenated alkanes) is 9. The van der Waals surface area contributed by atoms with Gasteiger partial charge in [-0.25, -0.2) is 4.79 Å². The number of aliphatic carboxylic acids is 1. The third kappa shape index (κ3) is 15.0. The Bertz CT molecular complexity index is 411. The molecule has 0 heterocycles. The molecule has 1 rings (SSSR count). The molecule has 0 aromatic heterocycles. The molecule has 0 saturated carbocycles. The zero-order valence-corrected chi connectivity index (χ0v) is 18.0. The van der Waals surface area contributed by atoms with Crippen LogP contribution in [0.25, 0.3) is 5.57 Å². The Kier molecular flexibility index (Phi) is 20.1. The first-order chi connectivity index (χ1) is 11.1. The van der Waals surface area contributed by atoms with Crippen molar-refractivity contribution < 1.29 is 40.9 Å². The molecular formula is C21H35NaO2. The van der Waals surface area contributed by atoms with Gasteiger partial charge in [-0.2, -0.15) is 0 Å². The van der Waals surface area contributed by atoms with Gasteiger partial charge in [0.05, 0.1) is 5.57 Å². The second-order valence-corrected chi connectivity index (χ2v) is 5.98. The van der Waals surface area contributed by atoms with E-state index in [1.165, 1.54) is 64.2 Å². The van der Waals surface area contributed by atoms with Crippen LogP contribution in [0.5, 0.6) is 0 Å². The maximum atomic E-state index is 10.4. The van der Waals surface area contributed by atoms with Crippen molar-refractivity contribution in [3.05, 3.63) is 42.5 Å². The summed E-state index contributed by atoms with van der Waals surface area (Å²) in [5, 5.41) is 8.54. The number of carboxylic acids is 1. The minimum Gasteiger partial charge on any atom is -1.00 e.